The number of aryl methyl sites for hydroxylation is 1. The summed E-state index contributed by atoms with van der Waals surface area (Å²) in [5.41, 5.74) is 1.64. The number of hydrogen-bond acceptors (Lipinski definition) is 7. The maximum absolute atomic E-state index is 12.6. The van der Waals surface area contributed by atoms with Crippen molar-refractivity contribution in [3.63, 3.8) is 0 Å². The van der Waals surface area contributed by atoms with Crippen LogP contribution in [-0.4, -0.2) is 70.1 Å². The average molecular weight is 383 g/mol. The normalized spacial score (nSPS) is 20.3. The largest absolute Gasteiger partial charge is 0.436 e. The zero-order valence-electron chi connectivity index (χ0n) is 16.1. The van der Waals surface area contributed by atoms with Crippen LogP contribution in [0.5, 0.6) is 11.6 Å². The molecule has 2 fully saturated rings. The smallest absolute Gasteiger partial charge is 0.238 e. The number of amides is 1. The Morgan fingerprint density at radius 3 is 2.96 bits per heavy atom. The summed E-state index contributed by atoms with van der Waals surface area (Å²) in [7, 11) is 0. The van der Waals surface area contributed by atoms with Crippen LogP contribution in [-0.2, 0) is 9.53 Å². The van der Waals surface area contributed by atoms with Crippen molar-refractivity contribution < 1.29 is 14.3 Å². The van der Waals surface area contributed by atoms with Gasteiger partial charge in [-0.2, -0.15) is 0 Å². The number of likely N-dealkylation sites (tertiary alicyclic amines) is 1. The topological polar surface area (TPSA) is 80.7 Å². The Bertz CT molecular complexity index is 825. The lowest BCUT2D eigenvalue weighted by molar-refractivity contribution is -0.136. The zero-order chi connectivity index (χ0) is 19.3. The Kier molecular flexibility index (Phi) is 5.78. The first-order valence-electron chi connectivity index (χ1n) is 9.72. The molecular weight excluding hydrogens is 358 g/mol. The summed E-state index contributed by atoms with van der Waals surface area (Å²) in [6.07, 6.45) is 7.10. The predicted octanol–water partition coefficient (Wildman–Crippen LogP) is 1.97. The molecule has 0 spiro atoms. The Labute approximate surface area is 164 Å². The molecule has 0 unspecified atom stereocenters. The molecule has 0 aromatic carbocycles. The third kappa shape index (κ3) is 4.28. The molecule has 8 heteroatoms. The van der Waals surface area contributed by atoms with Crippen molar-refractivity contribution in [2.75, 3.05) is 39.4 Å². The summed E-state index contributed by atoms with van der Waals surface area (Å²) in [5.74, 6) is 1.27. The third-order valence-electron chi connectivity index (χ3n) is 5.21. The van der Waals surface area contributed by atoms with E-state index in [1.807, 2.05) is 24.0 Å². The molecule has 148 valence electrons. The van der Waals surface area contributed by atoms with Gasteiger partial charge in [-0.3, -0.25) is 19.7 Å². The van der Waals surface area contributed by atoms with Gasteiger partial charge in [0, 0.05) is 19.3 Å². The fraction of sp³-hybridized carbons (Fsp3) is 0.500. The van der Waals surface area contributed by atoms with Crippen LogP contribution in [0.1, 0.15) is 30.3 Å². The summed E-state index contributed by atoms with van der Waals surface area (Å²) in [6.45, 7) is 5.76. The van der Waals surface area contributed by atoms with E-state index in [4.69, 9.17) is 9.47 Å². The van der Waals surface area contributed by atoms with Gasteiger partial charge in [0.05, 0.1) is 49.6 Å². The Hall–Kier alpha value is -2.58. The van der Waals surface area contributed by atoms with Gasteiger partial charge in [0.15, 0.2) is 5.75 Å². The number of rotatable bonds is 5. The summed E-state index contributed by atoms with van der Waals surface area (Å²) >= 11 is 0. The molecule has 2 aromatic heterocycles. The van der Waals surface area contributed by atoms with Crippen LogP contribution in [0.3, 0.4) is 0 Å². The molecule has 28 heavy (non-hydrogen) atoms. The lowest BCUT2D eigenvalue weighted by Gasteiger charge is -2.30. The fourth-order valence-electron chi connectivity index (χ4n) is 3.70. The number of carbonyl (C=O) groups excluding carboxylic acids is 1. The van der Waals surface area contributed by atoms with Gasteiger partial charge in [-0.05, 0) is 38.4 Å². The van der Waals surface area contributed by atoms with Crippen molar-refractivity contribution in [2.24, 2.45) is 0 Å². The number of carbonyl (C=O) groups is 1. The van der Waals surface area contributed by atoms with Crippen LogP contribution in [0, 0.1) is 6.92 Å². The molecule has 2 aliphatic heterocycles. The first kappa shape index (κ1) is 18.8. The molecule has 0 bridgehead atoms. The maximum Gasteiger partial charge on any atom is 0.238 e. The molecule has 0 radical (unpaired) electrons. The van der Waals surface area contributed by atoms with Gasteiger partial charge in [0.1, 0.15) is 0 Å². The maximum atomic E-state index is 12.6. The van der Waals surface area contributed by atoms with E-state index in [0.717, 1.165) is 30.8 Å². The lowest BCUT2D eigenvalue weighted by Crippen LogP contribution is -2.45. The second-order valence-corrected chi connectivity index (χ2v) is 7.09. The van der Waals surface area contributed by atoms with Crippen molar-refractivity contribution in [1.29, 1.82) is 0 Å². The molecular formula is C20H25N5O3. The molecule has 2 aliphatic rings. The Balaban J connectivity index is 1.45. The highest BCUT2D eigenvalue weighted by molar-refractivity contribution is 5.78. The summed E-state index contributed by atoms with van der Waals surface area (Å²) in [4.78, 5) is 29.9. The SMILES string of the molecule is Cc1ncccc1Oc1cncc([C@H]2CCCN2CC(=O)N2CCOCC2)n1. The van der Waals surface area contributed by atoms with Crippen LogP contribution in [0.4, 0.5) is 0 Å². The number of hydrogen-bond donors (Lipinski definition) is 0. The summed E-state index contributed by atoms with van der Waals surface area (Å²) in [5, 5.41) is 0. The van der Waals surface area contributed by atoms with Gasteiger partial charge in [0.25, 0.3) is 0 Å². The third-order valence-corrected chi connectivity index (χ3v) is 5.21. The van der Waals surface area contributed by atoms with Crippen molar-refractivity contribution in [3.8, 4) is 11.6 Å². The quantitative estimate of drug-likeness (QED) is 0.781. The van der Waals surface area contributed by atoms with Crippen molar-refractivity contribution in [3.05, 3.63) is 42.1 Å². The highest BCUT2D eigenvalue weighted by Crippen LogP contribution is 2.31. The molecule has 2 aromatic rings. The van der Waals surface area contributed by atoms with E-state index in [1.54, 1.807) is 18.6 Å². The van der Waals surface area contributed by atoms with Gasteiger partial charge < -0.3 is 14.4 Å². The van der Waals surface area contributed by atoms with Crippen molar-refractivity contribution >= 4 is 5.91 Å². The van der Waals surface area contributed by atoms with Gasteiger partial charge in [-0.15, -0.1) is 0 Å². The molecule has 4 rings (SSSR count). The number of nitrogens with zero attached hydrogens (tertiary/aromatic N) is 5. The van der Waals surface area contributed by atoms with E-state index < -0.39 is 0 Å². The number of pyridine rings is 1. The predicted molar refractivity (Wildman–Crippen MR) is 102 cm³/mol. The van der Waals surface area contributed by atoms with Crippen molar-refractivity contribution in [1.82, 2.24) is 24.8 Å². The molecule has 1 atom stereocenters. The molecule has 0 saturated carbocycles. The Morgan fingerprint density at radius 2 is 2.14 bits per heavy atom. The monoisotopic (exact) mass is 383 g/mol. The highest BCUT2D eigenvalue weighted by atomic mass is 16.5. The van der Waals surface area contributed by atoms with E-state index >= 15 is 0 Å². The molecule has 0 N–H and O–H groups in total. The zero-order valence-corrected chi connectivity index (χ0v) is 16.1. The van der Waals surface area contributed by atoms with Gasteiger partial charge in [0.2, 0.25) is 11.8 Å². The highest BCUT2D eigenvalue weighted by Gasteiger charge is 2.30. The van der Waals surface area contributed by atoms with E-state index in [0.29, 0.717) is 44.5 Å². The summed E-state index contributed by atoms with van der Waals surface area (Å²) in [6, 6.07) is 3.77. The van der Waals surface area contributed by atoms with Crippen LogP contribution in [0.15, 0.2) is 30.7 Å². The standard InChI is InChI=1S/C20H25N5O3/c1-15-18(5-2-6-22-15)28-19-13-21-12-16(23-19)17-4-3-7-25(17)14-20(26)24-8-10-27-11-9-24/h2,5-6,12-13,17H,3-4,7-11,14H2,1H3/t17-/m1/s1. The van der Waals surface area contributed by atoms with Crippen LogP contribution in [0.25, 0.3) is 0 Å². The molecule has 1 amide bonds. The van der Waals surface area contributed by atoms with E-state index in [9.17, 15) is 4.79 Å². The number of aromatic nitrogens is 3. The second kappa shape index (κ2) is 8.62. The van der Waals surface area contributed by atoms with Crippen LogP contribution >= 0.6 is 0 Å². The first-order valence-corrected chi connectivity index (χ1v) is 9.72. The average Bonchev–Trinajstić information content (AvgIpc) is 3.19. The molecule has 0 aliphatic carbocycles. The minimum absolute atomic E-state index is 0.0797. The first-order chi connectivity index (χ1) is 13.7. The number of morpholine rings is 1. The van der Waals surface area contributed by atoms with Gasteiger partial charge in [-0.1, -0.05) is 0 Å². The minimum Gasteiger partial charge on any atom is -0.436 e. The van der Waals surface area contributed by atoms with Crippen LogP contribution < -0.4 is 4.74 Å². The minimum atomic E-state index is 0.0797. The molecule has 4 heterocycles. The molecule has 2 saturated heterocycles. The van der Waals surface area contributed by atoms with Gasteiger partial charge in [-0.25, -0.2) is 4.98 Å². The van der Waals surface area contributed by atoms with Crippen molar-refractivity contribution in [2.45, 2.75) is 25.8 Å². The molecule has 8 nitrogen and oxygen atoms in total. The Morgan fingerprint density at radius 1 is 1.29 bits per heavy atom. The van der Waals surface area contributed by atoms with E-state index in [-0.39, 0.29) is 11.9 Å². The lowest BCUT2D eigenvalue weighted by atomic mass is 10.1. The van der Waals surface area contributed by atoms with Crippen LogP contribution in [0.2, 0.25) is 0 Å². The van der Waals surface area contributed by atoms with E-state index in [2.05, 4.69) is 19.9 Å². The number of ether oxygens (including phenoxy) is 2. The fourth-order valence-corrected chi connectivity index (χ4v) is 3.70. The van der Waals surface area contributed by atoms with E-state index in [1.165, 1.54) is 0 Å². The summed E-state index contributed by atoms with van der Waals surface area (Å²) < 4.78 is 11.2. The second-order valence-electron chi connectivity index (χ2n) is 7.09. The van der Waals surface area contributed by atoms with Gasteiger partial charge >= 0.3 is 0 Å².